The molecule has 0 heterocycles. The Balaban J connectivity index is 4.47. The van der Waals surface area contributed by atoms with Crippen LogP contribution in [0.1, 0.15) is 34.1 Å². The maximum absolute atomic E-state index is 10.3. The average molecular weight is 210 g/mol. The Hall–Kier alpha value is -0.553. The molecule has 0 aromatic carbocycles. The van der Waals surface area contributed by atoms with Crippen molar-refractivity contribution in [3.63, 3.8) is 0 Å². The molecule has 80 valence electrons. The molecule has 0 saturated carbocycles. The summed E-state index contributed by atoms with van der Waals surface area (Å²) >= 11 is 0. The van der Waals surface area contributed by atoms with Gasteiger partial charge in [0.05, 0.1) is 0 Å². The SMILES string of the molecule is CC[Si](C#C[C@@H](C)CC=O)(CC)CC. The lowest BCUT2D eigenvalue weighted by molar-refractivity contribution is -0.108. The third-order valence-corrected chi connectivity index (χ3v) is 7.80. The van der Waals surface area contributed by atoms with Crippen LogP contribution in [-0.2, 0) is 4.79 Å². The predicted molar refractivity (Wildman–Crippen MR) is 64.8 cm³/mol. The van der Waals surface area contributed by atoms with E-state index in [1.807, 2.05) is 6.92 Å². The smallest absolute Gasteiger partial charge is 0.137 e. The lowest BCUT2D eigenvalue weighted by Crippen LogP contribution is -2.29. The minimum absolute atomic E-state index is 0.240. The summed E-state index contributed by atoms with van der Waals surface area (Å²) in [5.74, 6) is 3.50. The summed E-state index contributed by atoms with van der Waals surface area (Å²) in [5.41, 5.74) is 3.50. The number of carbonyl (C=O) groups is 1. The Morgan fingerprint density at radius 3 is 2.07 bits per heavy atom. The topological polar surface area (TPSA) is 17.1 Å². The standard InChI is InChI=1S/C12H22OSi/c1-5-14(6-2,7-3)11-9-12(4)8-10-13/h10,12H,5-8H2,1-4H3/t12-/m0/s1. The van der Waals surface area contributed by atoms with Gasteiger partial charge in [-0.15, -0.1) is 11.5 Å². The molecule has 2 heteroatoms. The van der Waals surface area contributed by atoms with Crippen LogP contribution in [0.25, 0.3) is 0 Å². The molecule has 0 aliphatic heterocycles. The van der Waals surface area contributed by atoms with Crippen LogP contribution in [0.2, 0.25) is 18.1 Å². The van der Waals surface area contributed by atoms with Gasteiger partial charge < -0.3 is 4.79 Å². The van der Waals surface area contributed by atoms with Gasteiger partial charge in [0.1, 0.15) is 14.4 Å². The van der Waals surface area contributed by atoms with Crippen molar-refractivity contribution in [2.75, 3.05) is 0 Å². The fraction of sp³-hybridized carbons (Fsp3) is 0.750. The number of rotatable bonds is 5. The zero-order valence-corrected chi connectivity index (χ0v) is 10.9. The summed E-state index contributed by atoms with van der Waals surface area (Å²) in [6, 6.07) is 3.71. The Bertz CT molecular complexity index is 212. The molecule has 0 aliphatic rings. The largest absolute Gasteiger partial charge is 0.303 e. The van der Waals surface area contributed by atoms with Crippen molar-refractivity contribution in [1.82, 2.24) is 0 Å². The Morgan fingerprint density at radius 2 is 1.71 bits per heavy atom. The maximum Gasteiger partial charge on any atom is 0.137 e. The van der Waals surface area contributed by atoms with E-state index in [0.717, 1.165) is 6.29 Å². The molecule has 0 fully saturated rings. The molecule has 0 amide bonds. The first kappa shape index (κ1) is 13.4. The van der Waals surface area contributed by atoms with Gasteiger partial charge in [-0.05, 0) is 18.1 Å². The Labute approximate surface area is 89.3 Å². The molecule has 0 aromatic heterocycles. The zero-order valence-electron chi connectivity index (χ0n) is 9.89. The van der Waals surface area contributed by atoms with Crippen LogP contribution in [0.4, 0.5) is 0 Å². The van der Waals surface area contributed by atoms with E-state index in [0.29, 0.717) is 6.42 Å². The molecule has 0 aliphatic carbocycles. The van der Waals surface area contributed by atoms with Crippen molar-refractivity contribution in [3.8, 4) is 11.5 Å². The second-order valence-corrected chi connectivity index (χ2v) is 8.85. The van der Waals surface area contributed by atoms with Gasteiger partial charge in [0.15, 0.2) is 0 Å². The van der Waals surface area contributed by atoms with E-state index in [4.69, 9.17) is 0 Å². The predicted octanol–water partition coefficient (Wildman–Crippen LogP) is 3.26. The minimum atomic E-state index is -1.29. The van der Waals surface area contributed by atoms with E-state index >= 15 is 0 Å². The Morgan fingerprint density at radius 1 is 1.21 bits per heavy atom. The highest BCUT2D eigenvalue weighted by molar-refractivity contribution is 6.87. The molecular weight excluding hydrogens is 188 g/mol. The molecule has 0 bridgehead atoms. The first-order chi connectivity index (χ1) is 6.64. The monoisotopic (exact) mass is 210 g/mol. The molecule has 1 nitrogen and oxygen atoms in total. The van der Waals surface area contributed by atoms with Gasteiger partial charge in [-0.25, -0.2) is 0 Å². The van der Waals surface area contributed by atoms with E-state index in [2.05, 4.69) is 32.2 Å². The molecule has 14 heavy (non-hydrogen) atoms. The van der Waals surface area contributed by atoms with E-state index in [-0.39, 0.29) is 5.92 Å². The number of hydrogen-bond acceptors (Lipinski definition) is 1. The van der Waals surface area contributed by atoms with Crippen LogP contribution in [0, 0.1) is 17.4 Å². The summed E-state index contributed by atoms with van der Waals surface area (Å²) in [5, 5.41) is 0. The molecule has 0 rings (SSSR count). The van der Waals surface area contributed by atoms with Crippen LogP contribution >= 0.6 is 0 Å². The van der Waals surface area contributed by atoms with Gasteiger partial charge in [0, 0.05) is 12.3 Å². The summed E-state index contributed by atoms with van der Waals surface area (Å²) < 4.78 is 0. The molecule has 0 saturated heterocycles. The molecule has 0 unspecified atom stereocenters. The maximum atomic E-state index is 10.3. The normalized spacial score (nSPS) is 12.9. The number of hydrogen-bond donors (Lipinski definition) is 0. The van der Waals surface area contributed by atoms with Gasteiger partial charge in [-0.1, -0.05) is 27.7 Å². The van der Waals surface area contributed by atoms with Crippen LogP contribution < -0.4 is 0 Å². The lowest BCUT2D eigenvalue weighted by atomic mass is 10.1. The van der Waals surface area contributed by atoms with Gasteiger partial charge in [0.2, 0.25) is 0 Å². The fourth-order valence-electron chi connectivity index (χ4n) is 1.49. The highest BCUT2D eigenvalue weighted by Gasteiger charge is 2.24. The highest BCUT2D eigenvalue weighted by atomic mass is 28.3. The highest BCUT2D eigenvalue weighted by Crippen LogP contribution is 2.19. The minimum Gasteiger partial charge on any atom is -0.303 e. The third kappa shape index (κ3) is 4.10. The lowest BCUT2D eigenvalue weighted by Gasteiger charge is -2.20. The summed E-state index contributed by atoms with van der Waals surface area (Å²) in [7, 11) is -1.29. The second kappa shape index (κ2) is 6.84. The summed E-state index contributed by atoms with van der Waals surface area (Å²) in [4.78, 5) is 10.3. The molecule has 0 spiro atoms. The zero-order chi connectivity index (χ0) is 11.0. The van der Waals surface area contributed by atoms with E-state index in [1.54, 1.807) is 0 Å². The molecule has 1 atom stereocenters. The number of aldehydes is 1. The first-order valence-corrected chi connectivity index (χ1v) is 8.22. The fourth-order valence-corrected chi connectivity index (χ4v) is 4.08. The van der Waals surface area contributed by atoms with Crippen molar-refractivity contribution in [2.45, 2.75) is 52.2 Å². The van der Waals surface area contributed by atoms with Gasteiger partial charge in [-0.3, -0.25) is 0 Å². The van der Waals surface area contributed by atoms with Gasteiger partial charge >= 0.3 is 0 Å². The molecule has 0 radical (unpaired) electrons. The second-order valence-electron chi connectivity index (χ2n) is 3.91. The molecule has 0 N–H and O–H groups in total. The van der Waals surface area contributed by atoms with E-state index in [1.165, 1.54) is 18.1 Å². The Kier molecular flexibility index (Phi) is 6.57. The van der Waals surface area contributed by atoms with E-state index in [9.17, 15) is 4.79 Å². The number of carbonyl (C=O) groups excluding carboxylic acids is 1. The summed E-state index contributed by atoms with van der Waals surface area (Å²) in [6.07, 6.45) is 1.54. The van der Waals surface area contributed by atoms with Crippen LogP contribution in [0.3, 0.4) is 0 Å². The average Bonchev–Trinajstić information content (AvgIpc) is 2.21. The third-order valence-electron chi connectivity index (χ3n) is 3.06. The van der Waals surface area contributed by atoms with Crippen LogP contribution in [0.5, 0.6) is 0 Å². The molecule has 0 aromatic rings. The van der Waals surface area contributed by atoms with Gasteiger partial charge in [0.25, 0.3) is 0 Å². The van der Waals surface area contributed by atoms with Crippen molar-refractivity contribution >= 4 is 14.4 Å². The van der Waals surface area contributed by atoms with Crippen molar-refractivity contribution in [1.29, 1.82) is 0 Å². The summed E-state index contributed by atoms with van der Waals surface area (Å²) in [6.45, 7) is 8.77. The quantitative estimate of drug-likeness (QED) is 0.387. The van der Waals surface area contributed by atoms with E-state index < -0.39 is 8.07 Å². The van der Waals surface area contributed by atoms with Crippen molar-refractivity contribution in [3.05, 3.63) is 0 Å². The van der Waals surface area contributed by atoms with Gasteiger partial charge in [-0.2, -0.15) is 0 Å². The van der Waals surface area contributed by atoms with Crippen LogP contribution in [0.15, 0.2) is 0 Å². The molecular formula is C12H22OSi. The van der Waals surface area contributed by atoms with Crippen LogP contribution in [-0.4, -0.2) is 14.4 Å². The van der Waals surface area contributed by atoms with Crippen molar-refractivity contribution < 1.29 is 4.79 Å². The first-order valence-electron chi connectivity index (χ1n) is 5.60. The van der Waals surface area contributed by atoms with Crippen molar-refractivity contribution in [2.24, 2.45) is 5.92 Å².